The van der Waals surface area contributed by atoms with E-state index in [1.54, 1.807) is 5.01 Å². The number of carbonyl (C=O) groups excluding carboxylic acids is 2. The van der Waals surface area contributed by atoms with E-state index in [0.717, 1.165) is 19.3 Å². The van der Waals surface area contributed by atoms with Crippen molar-refractivity contribution in [2.75, 3.05) is 56.5 Å². The fourth-order valence-electron chi connectivity index (χ4n) is 5.51. The standard InChI is InChI=1S/C22H33F2N9O2/c1-31-10-14(11-31)28-21(34)12-2-4-32(5-3-12)18-15(24)7-26-8-16(18)29-22(35)17-19(25)30-33-9-13(23)6-27-20(17)33/h7-8,12-14,17,19-20,27,30H,2-6,9-11,25H2,1H3,(H,28,34)(H,29,35). The molecular formula is C22H33F2N9O2. The van der Waals surface area contributed by atoms with Gasteiger partial charge in [0.05, 0.1) is 42.4 Å². The highest BCUT2D eigenvalue weighted by atomic mass is 19.1. The third-order valence-electron chi connectivity index (χ3n) is 7.35. The number of nitrogens with zero attached hydrogens (tertiary/aromatic N) is 4. The van der Waals surface area contributed by atoms with Crippen LogP contribution in [0.15, 0.2) is 12.4 Å². The highest BCUT2D eigenvalue weighted by Crippen LogP contribution is 2.33. The molecule has 11 nitrogen and oxygen atoms in total. The predicted molar refractivity (Wildman–Crippen MR) is 125 cm³/mol. The quantitative estimate of drug-likeness (QED) is 0.343. The topological polar surface area (TPSA) is 131 Å². The molecule has 4 fully saturated rings. The number of nitrogens with two attached hydrogens (primary N) is 1. The molecule has 4 aliphatic rings. The van der Waals surface area contributed by atoms with Gasteiger partial charge in [-0.1, -0.05) is 0 Å². The van der Waals surface area contributed by atoms with Gasteiger partial charge in [0, 0.05) is 45.2 Å². The second-order valence-corrected chi connectivity index (χ2v) is 9.98. The summed E-state index contributed by atoms with van der Waals surface area (Å²) in [5.74, 6) is -1.73. The summed E-state index contributed by atoms with van der Waals surface area (Å²) in [5.41, 5.74) is 9.58. The van der Waals surface area contributed by atoms with Crippen LogP contribution in [0.25, 0.3) is 0 Å². The molecule has 35 heavy (non-hydrogen) atoms. The molecule has 1 aromatic heterocycles. The molecule has 1 aromatic rings. The number of piperidine rings is 1. The Morgan fingerprint density at radius 2 is 1.91 bits per heavy atom. The van der Waals surface area contributed by atoms with Gasteiger partial charge in [0.1, 0.15) is 11.9 Å². The molecule has 0 saturated carbocycles. The van der Waals surface area contributed by atoms with E-state index in [1.165, 1.54) is 6.20 Å². The first-order chi connectivity index (χ1) is 16.8. The van der Waals surface area contributed by atoms with E-state index in [-0.39, 0.29) is 42.3 Å². The van der Waals surface area contributed by atoms with Crippen LogP contribution < -0.4 is 32.0 Å². The number of carbonyl (C=O) groups is 2. The van der Waals surface area contributed by atoms with Gasteiger partial charge < -0.3 is 26.2 Å². The molecule has 192 valence electrons. The van der Waals surface area contributed by atoms with E-state index in [4.69, 9.17) is 5.73 Å². The fourth-order valence-corrected chi connectivity index (χ4v) is 5.51. The summed E-state index contributed by atoms with van der Waals surface area (Å²) in [6, 6.07) is 0.201. The number of rotatable bonds is 5. The number of aromatic nitrogens is 1. The molecule has 4 saturated heterocycles. The van der Waals surface area contributed by atoms with Crippen molar-refractivity contribution in [1.29, 1.82) is 0 Å². The number of pyridine rings is 1. The van der Waals surface area contributed by atoms with Crippen LogP contribution in [0.1, 0.15) is 12.8 Å². The Labute approximate surface area is 202 Å². The molecular weight excluding hydrogens is 460 g/mol. The van der Waals surface area contributed by atoms with Crippen LogP contribution in [0, 0.1) is 17.7 Å². The van der Waals surface area contributed by atoms with Crippen LogP contribution in [0.5, 0.6) is 0 Å². The van der Waals surface area contributed by atoms with Crippen molar-refractivity contribution >= 4 is 23.2 Å². The molecule has 0 aliphatic carbocycles. The number of anilines is 2. The lowest BCUT2D eigenvalue weighted by molar-refractivity contribution is -0.127. The van der Waals surface area contributed by atoms with Crippen molar-refractivity contribution in [3.8, 4) is 0 Å². The lowest BCUT2D eigenvalue weighted by Crippen LogP contribution is -2.58. The zero-order valence-electron chi connectivity index (χ0n) is 19.7. The molecule has 4 aliphatic heterocycles. The molecule has 0 radical (unpaired) electrons. The summed E-state index contributed by atoms with van der Waals surface area (Å²) in [4.78, 5) is 33.7. The van der Waals surface area contributed by atoms with Crippen LogP contribution in [0.4, 0.5) is 20.2 Å². The van der Waals surface area contributed by atoms with Crippen molar-refractivity contribution in [2.24, 2.45) is 17.6 Å². The minimum atomic E-state index is -1.06. The van der Waals surface area contributed by atoms with Crippen molar-refractivity contribution in [2.45, 2.75) is 37.4 Å². The van der Waals surface area contributed by atoms with Gasteiger partial charge in [0.15, 0.2) is 5.82 Å². The molecule has 5 rings (SSSR count). The fraction of sp³-hybridized carbons (Fsp3) is 0.682. The molecule has 0 bridgehead atoms. The molecule has 0 spiro atoms. The van der Waals surface area contributed by atoms with E-state index >= 15 is 0 Å². The average Bonchev–Trinajstić information content (AvgIpc) is 3.13. The Hall–Kier alpha value is -2.45. The number of amides is 2. The third kappa shape index (κ3) is 4.96. The number of hydrazine groups is 1. The summed E-state index contributed by atoms with van der Waals surface area (Å²) >= 11 is 0. The van der Waals surface area contributed by atoms with Gasteiger partial charge in [0.25, 0.3) is 0 Å². The Balaban J connectivity index is 1.23. The van der Waals surface area contributed by atoms with Crippen LogP contribution in [-0.4, -0.2) is 97.6 Å². The Kier molecular flexibility index (Phi) is 6.86. The predicted octanol–water partition coefficient (Wildman–Crippen LogP) is -1.21. The summed E-state index contributed by atoms with van der Waals surface area (Å²) < 4.78 is 28.7. The van der Waals surface area contributed by atoms with Crippen LogP contribution in [0.2, 0.25) is 0 Å². The largest absolute Gasteiger partial charge is 0.367 e. The van der Waals surface area contributed by atoms with E-state index in [1.807, 2.05) is 11.9 Å². The zero-order chi connectivity index (χ0) is 24.7. The van der Waals surface area contributed by atoms with Gasteiger partial charge in [-0.2, -0.15) is 0 Å². The maximum absolute atomic E-state index is 14.9. The summed E-state index contributed by atoms with van der Waals surface area (Å²) in [6.07, 6.45) is 1.47. The minimum absolute atomic E-state index is 0.0502. The van der Waals surface area contributed by atoms with E-state index in [0.29, 0.717) is 25.9 Å². The average molecular weight is 494 g/mol. The number of alkyl halides is 1. The highest BCUT2D eigenvalue weighted by molar-refractivity contribution is 5.96. The first-order valence-electron chi connectivity index (χ1n) is 12.1. The van der Waals surface area contributed by atoms with Gasteiger partial charge in [-0.3, -0.25) is 19.9 Å². The number of likely N-dealkylation sites (tertiary alicyclic amines) is 1. The van der Waals surface area contributed by atoms with E-state index < -0.39 is 36.1 Å². The van der Waals surface area contributed by atoms with Crippen molar-refractivity contribution in [3.05, 3.63) is 18.2 Å². The van der Waals surface area contributed by atoms with Gasteiger partial charge in [-0.25, -0.2) is 19.2 Å². The Bertz CT molecular complexity index is 955. The molecule has 2 amide bonds. The number of likely N-dealkylation sites (N-methyl/N-ethyl adjacent to an activating group) is 1. The Morgan fingerprint density at radius 3 is 2.63 bits per heavy atom. The lowest BCUT2D eigenvalue weighted by atomic mass is 9.94. The monoisotopic (exact) mass is 493 g/mol. The van der Waals surface area contributed by atoms with Gasteiger partial charge in [-0.15, -0.1) is 0 Å². The molecule has 0 aromatic carbocycles. The number of nitrogens with one attached hydrogen (secondary N) is 4. The lowest BCUT2D eigenvalue weighted by Gasteiger charge is -2.39. The van der Waals surface area contributed by atoms with Gasteiger partial charge in [0.2, 0.25) is 11.8 Å². The van der Waals surface area contributed by atoms with E-state index in [2.05, 4.69) is 31.3 Å². The number of halogens is 2. The van der Waals surface area contributed by atoms with Crippen LogP contribution >= 0.6 is 0 Å². The number of hydrogen-bond donors (Lipinski definition) is 5. The SMILES string of the molecule is CN1CC(NC(=O)C2CCN(c3c(F)cncc3NC(=O)C3C(N)NN4CC(F)CNC34)CC2)C1. The van der Waals surface area contributed by atoms with Crippen LogP contribution in [0.3, 0.4) is 0 Å². The van der Waals surface area contributed by atoms with E-state index in [9.17, 15) is 18.4 Å². The van der Waals surface area contributed by atoms with Crippen LogP contribution in [-0.2, 0) is 9.59 Å². The number of fused-ring (bicyclic) bond motifs is 1. The second kappa shape index (κ2) is 9.90. The maximum atomic E-state index is 14.9. The zero-order valence-corrected chi connectivity index (χ0v) is 19.7. The first kappa shape index (κ1) is 24.3. The molecule has 4 atom stereocenters. The third-order valence-corrected chi connectivity index (χ3v) is 7.35. The molecule has 13 heteroatoms. The van der Waals surface area contributed by atoms with Crippen molar-refractivity contribution in [1.82, 2.24) is 31.0 Å². The molecule has 4 unspecified atom stereocenters. The number of hydrogen-bond acceptors (Lipinski definition) is 9. The summed E-state index contributed by atoms with van der Waals surface area (Å²) in [5, 5.41) is 10.5. The van der Waals surface area contributed by atoms with Crippen molar-refractivity contribution < 1.29 is 18.4 Å². The minimum Gasteiger partial charge on any atom is -0.367 e. The summed E-state index contributed by atoms with van der Waals surface area (Å²) in [7, 11) is 2.01. The highest BCUT2D eigenvalue weighted by Gasteiger charge is 2.47. The van der Waals surface area contributed by atoms with Crippen molar-refractivity contribution in [3.63, 3.8) is 0 Å². The molecule has 6 N–H and O–H groups in total. The first-order valence-corrected chi connectivity index (χ1v) is 12.1. The smallest absolute Gasteiger partial charge is 0.233 e. The normalized spacial score (nSPS) is 30.6. The second-order valence-electron chi connectivity index (χ2n) is 9.98. The van der Waals surface area contributed by atoms with Gasteiger partial charge in [-0.05, 0) is 19.9 Å². The summed E-state index contributed by atoms with van der Waals surface area (Å²) in [6.45, 7) is 2.94. The maximum Gasteiger partial charge on any atom is 0.233 e. The Morgan fingerprint density at radius 1 is 1.17 bits per heavy atom. The molecule has 5 heterocycles. The van der Waals surface area contributed by atoms with Gasteiger partial charge >= 0.3 is 0 Å².